The smallest absolute Gasteiger partial charge is 0.343 e. The monoisotopic (exact) mass is 503 g/mol. The minimum Gasteiger partial charge on any atom is -0.379 e. The number of aromatic nitrogens is 2. The van der Waals surface area contributed by atoms with E-state index >= 15 is 0 Å². The quantitative estimate of drug-likeness (QED) is 0.256. The molecule has 186 valence electrons. The molecule has 0 atom stereocenters. The van der Waals surface area contributed by atoms with Gasteiger partial charge in [0.05, 0.1) is 34.1 Å². The van der Waals surface area contributed by atoms with E-state index in [0.29, 0.717) is 23.7 Å². The van der Waals surface area contributed by atoms with E-state index in [1.165, 1.54) is 6.07 Å². The maximum absolute atomic E-state index is 13.3. The highest BCUT2D eigenvalue weighted by Gasteiger charge is 2.26. The molecule has 35 heavy (non-hydrogen) atoms. The van der Waals surface area contributed by atoms with Crippen LogP contribution >= 0.6 is 0 Å². The second kappa shape index (κ2) is 10.4. The van der Waals surface area contributed by atoms with Gasteiger partial charge in [0.1, 0.15) is 6.54 Å². The first kappa shape index (κ1) is 24.6. The molecule has 4 rings (SSSR count). The molecule has 0 spiro atoms. The van der Waals surface area contributed by atoms with Gasteiger partial charge < -0.3 is 10.1 Å². The van der Waals surface area contributed by atoms with Crippen molar-refractivity contribution in [2.24, 2.45) is 0 Å². The molecule has 2 aromatic carbocycles. The van der Waals surface area contributed by atoms with Crippen LogP contribution in [-0.4, -0.2) is 72.1 Å². The first-order valence-electron chi connectivity index (χ1n) is 11.1. The number of nitro benzene ring substituents is 1. The Bertz CT molecular complexity index is 1390. The number of fused-ring (bicyclic) bond motifs is 1. The first-order valence-corrected chi connectivity index (χ1v) is 12.5. The molecule has 3 aromatic rings. The van der Waals surface area contributed by atoms with Gasteiger partial charge in [-0.05, 0) is 37.2 Å². The van der Waals surface area contributed by atoms with Gasteiger partial charge in [-0.3, -0.25) is 24.4 Å². The summed E-state index contributed by atoms with van der Waals surface area (Å²) in [6.45, 7) is 3.99. The zero-order valence-electron chi connectivity index (χ0n) is 18.8. The van der Waals surface area contributed by atoms with Gasteiger partial charge in [-0.2, -0.15) is 3.97 Å². The second-order valence-electron chi connectivity index (χ2n) is 8.04. The number of non-ortho nitro benzene ring substituents is 1. The lowest BCUT2D eigenvalue weighted by Gasteiger charge is -2.26. The van der Waals surface area contributed by atoms with Crippen LogP contribution in [-0.2, 0) is 26.1 Å². The summed E-state index contributed by atoms with van der Waals surface area (Å²) < 4.78 is 33.6. The predicted octanol–water partition coefficient (Wildman–Crippen LogP) is 0.787. The van der Waals surface area contributed by atoms with Crippen LogP contribution in [0.1, 0.15) is 6.42 Å². The Kier molecular flexibility index (Phi) is 7.28. The molecule has 0 unspecified atom stereocenters. The molecule has 1 aliphatic heterocycles. The Balaban J connectivity index is 1.54. The molecule has 1 aliphatic rings. The van der Waals surface area contributed by atoms with Crippen molar-refractivity contribution in [2.45, 2.75) is 17.9 Å². The Morgan fingerprint density at radius 1 is 1.06 bits per heavy atom. The van der Waals surface area contributed by atoms with Gasteiger partial charge >= 0.3 is 5.69 Å². The van der Waals surface area contributed by atoms with Crippen molar-refractivity contribution < 1.29 is 22.9 Å². The Labute approximate surface area is 200 Å². The SMILES string of the molecule is O=C(Cn1c(=O)n(S(=O)(=O)c2ccc([N+](=O)[O-])cc2)c2ccccc21)NCCCN1CCOCC1. The number of para-hydroxylation sites is 2. The molecule has 0 radical (unpaired) electrons. The third kappa shape index (κ3) is 5.26. The lowest BCUT2D eigenvalue weighted by atomic mass is 10.3. The van der Waals surface area contributed by atoms with Crippen LogP contribution in [0.5, 0.6) is 0 Å². The van der Waals surface area contributed by atoms with Crippen LogP contribution in [0, 0.1) is 10.1 Å². The first-order chi connectivity index (χ1) is 16.8. The molecule has 0 saturated carbocycles. The van der Waals surface area contributed by atoms with E-state index in [1.54, 1.807) is 18.2 Å². The van der Waals surface area contributed by atoms with Crippen molar-refractivity contribution in [2.75, 3.05) is 39.4 Å². The number of ether oxygens (including phenoxy) is 1. The lowest BCUT2D eigenvalue weighted by Crippen LogP contribution is -2.39. The molecule has 1 fully saturated rings. The van der Waals surface area contributed by atoms with E-state index in [0.717, 1.165) is 54.9 Å². The molecular formula is C22H25N5O7S. The maximum Gasteiger partial charge on any atom is 0.343 e. The zero-order chi connectivity index (χ0) is 25.0. The van der Waals surface area contributed by atoms with Gasteiger partial charge in [-0.1, -0.05) is 12.1 Å². The summed E-state index contributed by atoms with van der Waals surface area (Å²) in [7, 11) is -4.37. The summed E-state index contributed by atoms with van der Waals surface area (Å²) in [5.41, 5.74) is -0.778. The molecular weight excluding hydrogens is 478 g/mol. The summed E-state index contributed by atoms with van der Waals surface area (Å²) in [5.74, 6) is -0.412. The third-order valence-electron chi connectivity index (χ3n) is 5.76. The number of rotatable bonds is 9. The minimum atomic E-state index is -4.37. The normalized spacial score (nSPS) is 14.7. The zero-order valence-corrected chi connectivity index (χ0v) is 19.6. The topological polar surface area (TPSA) is 146 Å². The molecule has 1 N–H and O–H groups in total. The van der Waals surface area contributed by atoms with E-state index in [4.69, 9.17) is 4.74 Å². The van der Waals surface area contributed by atoms with Crippen molar-refractivity contribution in [3.63, 3.8) is 0 Å². The summed E-state index contributed by atoms with van der Waals surface area (Å²) >= 11 is 0. The second-order valence-corrected chi connectivity index (χ2v) is 9.82. The molecule has 1 aromatic heterocycles. The molecule has 1 saturated heterocycles. The van der Waals surface area contributed by atoms with Crippen LogP contribution in [0.2, 0.25) is 0 Å². The lowest BCUT2D eigenvalue weighted by molar-refractivity contribution is -0.384. The molecule has 1 amide bonds. The largest absolute Gasteiger partial charge is 0.379 e. The van der Waals surface area contributed by atoms with Crippen LogP contribution in [0.25, 0.3) is 11.0 Å². The van der Waals surface area contributed by atoms with Gasteiger partial charge in [0.15, 0.2) is 0 Å². The number of morpholine rings is 1. The Hall–Kier alpha value is -3.55. The molecule has 12 nitrogen and oxygen atoms in total. The van der Waals surface area contributed by atoms with Crippen molar-refractivity contribution in [3.05, 3.63) is 69.1 Å². The highest BCUT2D eigenvalue weighted by Crippen LogP contribution is 2.21. The molecule has 0 aliphatic carbocycles. The highest BCUT2D eigenvalue weighted by atomic mass is 32.2. The van der Waals surface area contributed by atoms with Crippen molar-refractivity contribution in [3.8, 4) is 0 Å². The number of hydrogen-bond acceptors (Lipinski definition) is 8. The number of hydrogen-bond donors (Lipinski definition) is 1. The average molecular weight is 504 g/mol. The fourth-order valence-electron chi connectivity index (χ4n) is 3.96. The minimum absolute atomic E-state index is 0.107. The number of nitrogens with one attached hydrogen (secondary N) is 1. The third-order valence-corrected chi connectivity index (χ3v) is 7.46. The van der Waals surface area contributed by atoms with E-state index in [2.05, 4.69) is 10.2 Å². The molecule has 13 heteroatoms. The van der Waals surface area contributed by atoms with E-state index in [1.807, 2.05) is 0 Å². The van der Waals surface area contributed by atoms with Crippen molar-refractivity contribution in [1.82, 2.24) is 18.8 Å². The van der Waals surface area contributed by atoms with Crippen molar-refractivity contribution >= 4 is 32.7 Å². The number of nitrogens with zero attached hydrogens (tertiary/aromatic N) is 4. The molecule has 2 heterocycles. The van der Waals surface area contributed by atoms with Gasteiger partial charge in [0.2, 0.25) is 5.91 Å². The number of carbonyl (C=O) groups excluding carboxylic acids is 1. The number of amides is 1. The van der Waals surface area contributed by atoms with Gasteiger partial charge in [0.25, 0.3) is 15.7 Å². The Morgan fingerprint density at radius 3 is 2.37 bits per heavy atom. The summed E-state index contributed by atoms with van der Waals surface area (Å²) in [4.78, 5) is 38.0. The number of benzene rings is 2. The molecule has 0 bridgehead atoms. The van der Waals surface area contributed by atoms with Gasteiger partial charge in [0, 0.05) is 31.8 Å². The number of imidazole rings is 1. The summed E-state index contributed by atoms with van der Waals surface area (Å²) in [5, 5.41) is 13.7. The van der Waals surface area contributed by atoms with Crippen molar-refractivity contribution in [1.29, 1.82) is 0 Å². The van der Waals surface area contributed by atoms with Crippen LogP contribution in [0.15, 0.2) is 58.2 Å². The fraction of sp³-hybridized carbons (Fsp3) is 0.364. The highest BCUT2D eigenvalue weighted by molar-refractivity contribution is 7.90. The van der Waals surface area contributed by atoms with Gasteiger partial charge in [-0.15, -0.1) is 0 Å². The predicted molar refractivity (Wildman–Crippen MR) is 127 cm³/mol. The van der Waals surface area contributed by atoms with E-state index in [-0.39, 0.29) is 28.2 Å². The summed E-state index contributed by atoms with van der Waals surface area (Å²) in [6, 6.07) is 10.5. The van der Waals surface area contributed by atoms with E-state index in [9.17, 15) is 28.1 Å². The average Bonchev–Trinajstić information content (AvgIpc) is 3.14. The maximum atomic E-state index is 13.3. The standard InChI is InChI=1S/C22H25N5O7S/c28-21(23-10-3-11-24-12-14-34-15-13-24)16-25-19-4-1-2-5-20(19)26(22(25)29)35(32,33)18-8-6-17(7-9-18)27(30)31/h1-2,4-9H,3,10-16H2,(H,23,28). The van der Waals surface area contributed by atoms with Crippen LogP contribution < -0.4 is 11.0 Å². The Morgan fingerprint density at radius 2 is 1.71 bits per heavy atom. The summed E-state index contributed by atoms with van der Waals surface area (Å²) in [6.07, 6.45) is 0.733. The number of nitro groups is 1. The van der Waals surface area contributed by atoms with Gasteiger partial charge in [-0.25, -0.2) is 13.2 Å². The van der Waals surface area contributed by atoms with Crippen LogP contribution in [0.4, 0.5) is 5.69 Å². The fourth-order valence-corrected chi connectivity index (χ4v) is 5.37. The van der Waals surface area contributed by atoms with E-state index < -0.39 is 26.5 Å². The number of carbonyl (C=O) groups is 1. The van der Waals surface area contributed by atoms with Crippen LogP contribution in [0.3, 0.4) is 0 Å².